The minimum atomic E-state index is -0.497. The van der Waals surface area contributed by atoms with E-state index in [4.69, 9.17) is 10.5 Å². The van der Waals surface area contributed by atoms with Crippen LogP contribution in [-0.2, 0) is 14.3 Å². The summed E-state index contributed by atoms with van der Waals surface area (Å²) < 4.78 is 5.32. The molecule has 0 bridgehead atoms. The van der Waals surface area contributed by atoms with E-state index >= 15 is 0 Å². The smallest absolute Gasteiger partial charge is 0.237 e. The van der Waals surface area contributed by atoms with E-state index in [-0.39, 0.29) is 29.7 Å². The molecule has 1 saturated carbocycles. The Labute approximate surface area is 148 Å². The molecular weight excluding hydrogens is 318 g/mol. The van der Waals surface area contributed by atoms with E-state index < -0.39 is 6.04 Å². The van der Waals surface area contributed by atoms with E-state index in [9.17, 15) is 9.59 Å². The van der Waals surface area contributed by atoms with E-state index in [2.05, 4.69) is 10.6 Å². The van der Waals surface area contributed by atoms with Gasteiger partial charge in [-0.15, -0.1) is 0 Å². The maximum Gasteiger partial charge on any atom is 0.237 e. The van der Waals surface area contributed by atoms with Crippen molar-refractivity contribution in [2.24, 2.45) is 17.6 Å². The van der Waals surface area contributed by atoms with E-state index in [1.165, 1.54) is 0 Å². The Kier molecular flexibility index (Phi) is 5.71. The van der Waals surface area contributed by atoms with Crippen LogP contribution in [0.25, 0.3) is 0 Å². The minimum Gasteiger partial charge on any atom is -0.381 e. The van der Waals surface area contributed by atoms with Gasteiger partial charge in [0.1, 0.15) is 0 Å². The van der Waals surface area contributed by atoms with Gasteiger partial charge >= 0.3 is 0 Å². The summed E-state index contributed by atoms with van der Waals surface area (Å²) in [6, 6.07) is 6.96. The van der Waals surface area contributed by atoms with Crippen molar-refractivity contribution in [3.8, 4) is 0 Å². The molecule has 0 aromatic heterocycles. The van der Waals surface area contributed by atoms with Crippen LogP contribution >= 0.6 is 0 Å². The fraction of sp³-hybridized carbons (Fsp3) is 0.579. The van der Waals surface area contributed by atoms with Gasteiger partial charge in [-0.3, -0.25) is 9.59 Å². The first-order valence-corrected chi connectivity index (χ1v) is 9.09. The Balaban J connectivity index is 1.52. The number of rotatable bonds is 6. The maximum absolute atomic E-state index is 12.4. The Bertz CT molecular complexity index is 607. The summed E-state index contributed by atoms with van der Waals surface area (Å²) in [5, 5.41) is 5.90. The van der Waals surface area contributed by atoms with Crippen molar-refractivity contribution >= 4 is 17.5 Å². The molecule has 1 aromatic rings. The molecule has 0 radical (unpaired) electrons. The highest BCUT2D eigenvalue weighted by Gasteiger charge is 2.29. The molecule has 25 heavy (non-hydrogen) atoms. The summed E-state index contributed by atoms with van der Waals surface area (Å²) in [5.41, 5.74) is 7.89. The highest BCUT2D eigenvalue weighted by atomic mass is 16.5. The van der Waals surface area contributed by atoms with E-state index in [0.717, 1.165) is 36.9 Å². The van der Waals surface area contributed by atoms with Crippen LogP contribution in [0.1, 0.15) is 44.2 Å². The molecule has 2 unspecified atom stereocenters. The van der Waals surface area contributed by atoms with Crippen LogP contribution in [0.2, 0.25) is 0 Å². The first-order valence-electron chi connectivity index (χ1n) is 9.09. The van der Waals surface area contributed by atoms with Gasteiger partial charge in [0.05, 0.1) is 12.1 Å². The van der Waals surface area contributed by atoms with Gasteiger partial charge in [-0.1, -0.05) is 12.1 Å². The van der Waals surface area contributed by atoms with Gasteiger partial charge in [-0.25, -0.2) is 0 Å². The molecule has 1 saturated heterocycles. The number of hydrogen-bond donors (Lipinski definition) is 3. The zero-order valence-corrected chi connectivity index (χ0v) is 14.7. The topological polar surface area (TPSA) is 93.5 Å². The number of carbonyl (C=O) groups is 2. The van der Waals surface area contributed by atoms with Gasteiger partial charge in [0.15, 0.2) is 0 Å². The fourth-order valence-corrected chi connectivity index (χ4v) is 3.13. The highest BCUT2D eigenvalue weighted by Crippen LogP contribution is 2.30. The van der Waals surface area contributed by atoms with Crippen molar-refractivity contribution in [3.05, 3.63) is 29.8 Å². The number of benzene rings is 1. The lowest BCUT2D eigenvalue weighted by Gasteiger charge is -2.28. The van der Waals surface area contributed by atoms with Crippen LogP contribution in [0.5, 0.6) is 0 Å². The van der Waals surface area contributed by atoms with Crippen molar-refractivity contribution in [1.29, 1.82) is 0 Å². The number of hydrogen-bond acceptors (Lipinski definition) is 4. The Morgan fingerprint density at radius 1 is 1.12 bits per heavy atom. The fourth-order valence-electron chi connectivity index (χ4n) is 3.13. The second-order valence-corrected chi connectivity index (χ2v) is 7.09. The molecule has 1 heterocycles. The molecule has 4 N–H and O–H groups in total. The van der Waals surface area contributed by atoms with Crippen LogP contribution < -0.4 is 16.4 Å². The SMILES string of the molecule is CC(NC(=O)C(N)C1CCOCC1)c1ccc(NC(=O)C2CC2)cc1. The molecule has 0 spiro atoms. The zero-order chi connectivity index (χ0) is 17.8. The standard InChI is InChI=1S/C19H27N3O3/c1-12(21-19(24)17(20)14-8-10-25-11-9-14)13-4-6-16(7-5-13)22-18(23)15-2-3-15/h4-7,12,14-15,17H,2-3,8-11,20H2,1H3,(H,21,24)(H,22,23). The number of anilines is 1. The summed E-state index contributed by atoms with van der Waals surface area (Å²) in [6.45, 7) is 3.29. The largest absolute Gasteiger partial charge is 0.381 e. The normalized spacial score (nSPS) is 20.6. The third kappa shape index (κ3) is 4.80. The lowest BCUT2D eigenvalue weighted by molar-refractivity contribution is -0.125. The van der Waals surface area contributed by atoms with E-state index in [0.29, 0.717) is 13.2 Å². The summed E-state index contributed by atoms with van der Waals surface area (Å²) >= 11 is 0. The third-order valence-electron chi connectivity index (χ3n) is 5.06. The molecule has 136 valence electrons. The van der Waals surface area contributed by atoms with Crippen LogP contribution in [-0.4, -0.2) is 31.1 Å². The lowest BCUT2D eigenvalue weighted by atomic mass is 9.91. The van der Waals surface area contributed by atoms with E-state index in [1.807, 2.05) is 31.2 Å². The van der Waals surface area contributed by atoms with Crippen molar-refractivity contribution in [2.75, 3.05) is 18.5 Å². The third-order valence-corrected chi connectivity index (χ3v) is 5.06. The molecule has 6 heteroatoms. The maximum atomic E-state index is 12.4. The van der Waals surface area contributed by atoms with Gasteiger partial charge in [0, 0.05) is 24.8 Å². The molecule has 2 aliphatic rings. The van der Waals surface area contributed by atoms with Crippen LogP contribution in [0, 0.1) is 11.8 Å². The van der Waals surface area contributed by atoms with Gasteiger partial charge < -0.3 is 21.1 Å². The number of amides is 2. The van der Waals surface area contributed by atoms with Crippen molar-refractivity contribution in [3.63, 3.8) is 0 Å². The average molecular weight is 345 g/mol. The summed E-state index contributed by atoms with van der Waals surface area (Å²) in [5.74, 6) is 0.340. The molecule has 2 fully saturated rings. The summed E-state index contributed by atoms with van der Waals surface area (Å²) in [7, 11) is 0. The second-order valence-electron chi connectivity index (χ2n) is 7.09. The molecule has 1 aliphatic carbocycles. The lowest BCUT2D eigenvalue weighted by Crippen LogP contribution is -2.47. The van der Waals surface area contributed by atoms with Crippen LogP contribution in [0.4, 0.5) is 5.69 Å². The first-order chi connectivity index (χ1) is 12.0. The molecule has 3 rings (SSSR count). The van der Waals surface area contributed by atoms with E-state index in [1.54, 1.807) is 0 Å². The Morgan fingerprint density at radius 3 is 2.36 bits per heavy atom. The average Bonchev–Trinajstić information content (AvgIpc) is 3.47. The van der Waals surface area contributed by atoms with Crippen LogP contribution in [0.3, 0.4) is 0 Å². The Hall–Kier alpha value is -1.92. The van der Waals surface area contributed by atoms with Crippen molar-refractivity contribution in [1.82, 2.24) is 5.32 Å². The quantitative estimate of drug-likeness (QED) is 0.735. The predicted octanol–water partition coefficient (Wildman–Crippen LogP) is 1.97. The summed E-state index contributed by atoms with van der Waals surface area (Å²) in [6.07, 6.45) is 3.64. The van der Waals surface area contributed by atoms with Gasteiger partial charge in [-0.05, 0) is 56.2 Å². The van der Waals surface area contributed by atoms with Crippen LogP contribution in [0.15, 0.2) is 24.3 Å². The van der Waals surface area contributed by atoms with Crippen molar-refractivity contribution in [2.45, 2.75) is 44.7 Å². The Morgan fingerprint density at radius 2 is 1.76 bits per heavy atom. The molecule has 2 amide bonds. The second kappa shape index (κ2) is 7.97. The van der Waals surface area contributed by atoms with Gasteiger partial charge in [-0.2, -0.15) is 0 Å². The number of nitrogens with one attached hydrogen (secondary N) is 2. The summed E-state index contributed by atoms with van der Waals surface area (Å²) in [4.78, 5) is 24.2. The highest BCUT2D eigenvalue weighted by molar-refractivity contribution is 5.94. The number of carbonyl (C=O) groups excluding carboxylic acids is 2. The monoisotopic (exact) mass is 345 g/mol. The zero-order valence-electron chi connectivity index (χ0n) is 14.7. The predicted molar refractivity (Wildman–Crippen MR) is 95.9 cm³/mol. The van der Waals surface area contributed by atoms with Gasteiger partial charge in [0.25, 0.3) is 0 Å². The molecule has 1 aromatic carbocycles. The molecule has 6 nitrogen and oxygen atoms in total. The molecular formula is C19H27N3O3. The molecule has 2 atom stereocenters. The van der Waals surface area contributed by atoms with Crippen molar-refractivity contribution < 1.29 is 14.3 Å². The number of nitrogens with two attached hydrogens (primary N) is 1. The first kappa shape index (κ1) is 17.9. The minimum absolute atomic E-state index is 0.0940. The number of ether oxygens (including phenoxy) is 1. The molecule has 1 aliphatic heterocycles. The van der Waals surface area contributed by atoms with Gasteiger partial charge in [0.2, 0.25) is 11.8 Å².